The Morgan fingerprint density at radius 2 is 1.50 bits per heavy atom. The first kappa shape index (κ1) is 27.7. The van der Waals surface area contributed by atoms with Crippen LogP contribution in [0.4, 0.5) is 4.39 Å². The summed E-state index contributed by atoms with van der Waals surface area (Å²) in [6, 6.07) is 30.9. The number of aromatic nitrogens is 4. The molecule has 0 bridgehead atoms. The van der Waals surface area contributed by atoms with E-state index in [-0.39, 0.29) is 11.7 Å². The summed E-state index contributed by atoms with van der Waals surface area (Å²) in [4.78, 5) is 4.11. The first-order chi connectivity index (χ1) is 19.4. The first-order valence-corrected chi connectivity index (χ1v) is 13.9. The molecule has 2 heterocycles. The first-order valence-electron chi connectivity index (χ1n) is 13.5. The van der Waals surface area contributed by atoms with Crippen molar-refractivity contribution in [3.63, 3.8) is 0 Å². The molecule has 0 fully saturated rings. The number of unbranched alkanes of at least 4 members (excludes halogenated alkanes) is 1. The van der Waals surface area contributed by atoms with E-state index in [9.17, 15) is 4.39 Å². The van der Waals surface area contributed by atoms with Crippen molar-refractivity contribution in [1.82, 2.24) is 19.7 Å². The lowest BCUT2D eigenvalue weighted by atomic mass is 9.79. The van der Waals surface area contributed by atoms with Crippen molar-refractivity contribution in [3.05, 3.63) is 131 Å². The lowest BCUT2D eigenvalue weighted by Crippen LogP contribution is -2.34. The van der Waals surface area contributed by atoms with Gasteiger partial charge in [-0.15, -0.1) is 10.2 Å². The Morgan fingerprint density at radius 1 is 0.850 bits per heavy atom. The van der Waals surface area contributed by atoms with Gasteiger partial charge in [-0.25, -0.2) is 9.37 Å². The van der Waals surface area contributed by atoms with Crippen molar-refractivity contribution in [3.8, 4) is 17.1 Å². The number of hydrogen-bond donors (Lipinski definition) is 0. The second-order valence-corrected chi connectivity index (χ2v) is 10.7. The minimum atomic E-state index is -0.410. The maximum Gasteiger partial charge on any atom is 0.168 e. The van der Waals surface area contributed by atoms with Crippen molar-refractivity contribution < 1.29 is 9.13 Å². The van der Waals surface area contributed by atoms with Crippen LogP contribution in [0.25, 0.3) is 17.1 Å². The zero-order valence-corrected chi connectivity index (χ0v) is 23.4. The van der Waals surface area contributed by atoms with Gasteiger partial charge in [0.05, 0.1) is 11.3 Å². The molecule has 3 aromatic carbocycles. The summed E-state index contributed by atoms with van der Waals surface area (Å²) in [5.74, 6) is 1.23. The van der Waals surface area contributed by atoms with Gasteiger partial charge < -0.3 is 4.74 Å². The van der Waals surface area contributed by atoms with Crippen molar-refractivity contribution in [1.29, 1.82) is 0 Å². The average molecular weight is 555 g/mol. The molecule has 7 heteroatoms. The third-order valence-electron chi connectivity index (χ3n) is 7.03. The summed E-state index contributed by atoms with van der Waals surface area (Å²) >= 11 is 6.20. The maximum absolute atomic E-state index is 13.6. The number of nitrogens with zero attached hydrogens (tertiary/aromatic N) is 4. The number of pyridine rings is 1. The van der Waals surface area contributed by atoms with Gasteiger partial charge in [-0.05, 0) is 74.2 Å². The van der Waals surface area contributed by atoms with Crippen LogP contribution in [0.5, 0.6) is 0 Å². The third-order valence-corrected chi connectivity index (χ3v) is 7.24. The Kier molecular flexibility index (Phi) is 8.68. The SMILES string of the molecule is CC(C)(OCCCCc1nnc(-c2ccc(F)cc2)n1-c1ccnc(Cl)c1)C(c1ccccc1)c1ccccc1. The van der Waals surface area contributed by atoms with Crippen LogP contribution in [0, 0.1) is 5.82 Å². The summed E-state index contributed by atoms with van der Waals surface area (Å²) < 4.78 is 22.1. The van der Waals surface area contributed by atoms with Crippen LogP contribution >= 0.6 is 11.6 Å². The smallest absolute Gasteiger partial charge is 0.168 e. The minimum Gasteiger partial charge on any atom is -0.375 e. The Morgan fingerprint density at radius 3 is 2.12 bits per heavy atom. The Hall–Kier alpha value is -3.87. The predicted molar refractivity (Wildman–Crippen MR) is 157 cm³/mol. The standard InChI is InChI=1S/C33H32ClFN4O/c1-33(2,31(24-11-5-3-6-12-24)25-13-7-4-8-14-25)40-22-10-9-15-30-37-38-32(26-16-18-27(35)19-17-26)39(30)28-20-21-36-29(34)23-28/h3-8,11-14,16-21,23,31H,9-10,15,22H2,1-2H3. The summed E-state index contributed by atoms with van der Waals surface area (Å²) in [6.07, 6.45) is 4.06. The summed E-state index contributed by atoms with van der Waals surface area (Å²) in [7, 11) is 0. The maximum atomic E-state index is 13.6. The Labute approximate surface area is 239 Å². The quantitative estimate of drug-likeness (QED) is 0.122. The molecule has 0 radical (unpaired) electrons. The normalized spacial score (nSPS) is 11.7. The van der Waals surface area contributed by atoms with Gasteiger partial charge in [-0.2, -0.15) is 0 Å². The predicted octanol–water partition coefficient (Wildman–Crippen LogP) is 8.07. The molecule has 0 aliphatic rings. The molecule has 40 heavy (non-hydrogen) atoms. The number of hydrogen-bond acceptors (Lipinski definition) is 4. The highest BCUT2D eigenvalue weighted by atomic mass is 35.5. The summed E-state index contributed by atoms with van der Waals surface area (Å²) in [5, 5.41) is 9.32. The van der Waals surface area contributed by atoms with Crippen molar-refractivity contribution in [2.45, 2.75) is 44.6 Å². The molecule has 5 rings (SSSR count). The molecule has 0 aliphatic heterocycles. The lowest BCUT2D eigenvalue weighted by Gasteiger charge is -2.35. The highest BCUT2D eigenvalue weighted by molar-refractivity contribution is 6.29. The number of rotatable bonds is 11. The fourth-order valence-electron chi connectivity index (χ4n) is 5.16. The van der Waals surface area contributed by atoms with Crippen LogP contribution in [-0.2, 0) is 11.2 Å². The zero-order valence-electron chi connectivity index (χ0n) is 22.7. The van der Waals surface area contributed by atoms with Gasteiger partial charge in [0, 0.05) is 30.7 Å². The van der Waals surface area contributed by atoms with Crippen LogP contribution in [0.3, 0.4) is 0 Å². The molecular formula is C33H32ClFN4O. The highest BCUT2D eigenvalue weighted by Crippen LogP contribution is 2.37. The van der Waals surface area contributed by atoms with E-state index < -0.39 is 5.60 Å². The van der Waals surface area contributed by atoms with Gasteiger partial charge in [0.25, 0.3) is 0 Å². The molecule has 204 valence electrons. The number of halogens is 2. The van der Waals surface area contributed by atoms with Crippen molar-refractivity contribution in [2.24, 2.45) is 0 Å². The molecule has 5 aromatic rings. The molecule has 0 aliphatic carbocycles. The van der Waals surface area contributed by atoms with Gasteiger partial charge in [0.1, 0.15) is 16.8 Å². The lowest BCUT2D eigenvalue weighted by molar-refractivity contribution is -0.0307. The molecule has 0 N–H and O–H groups in total. The zero-order chi connectivity index (χ0) is 28.0. The average Bonchev–Trinajstić information content (AvgIpc) is 3.38. The number of aryl methyl sites for hydroxylation is 1. The highest BCUT2D eigenvalue weighted by Gasteiger charge is 2.33. The molecule has 0 amide bonds. The van der Waals surface area contributed by atoms with E-state index in [4.69, 9.17) is 16.3 Å². The van der Waals surface area contributed by atoms with E-state index in [0.29, 0.717) is 24.0 Å². The van der Waals surface area contributed by atoms with E-state index in [2.05, 4.69) is 77.6 Å². The monoisotopic (exact) mass is 554 g/mol. The molecule has 5 nitrogen and oxygen atoms in total. The largest absolute Gasteiger partial charge is 0.375 e. The van der Waals surface area contributed by atoms with Gasteiger partial charge in [-0.3, -0.25) is 4.57 Å². The molecule has 0 saturated carbocycles. The van der Waals surface area contributed by atoms with Gasteiger partial charge >= 0.3 is 0 Å². The van der Waals surface area contributed by atoms with E-state index in [0.717, 1.165) is 29.9 Å². The molecule has 0 spiro atoms. The van der Waals surface area contributed by atoms with Crippen LogP contribution in [0.2, 0.25) is 5.15 Å². The van der Waals surface area contributed by atoms with Gasteiger partial charge in [0.2, 0.25) is 0 Å². The Bertz CT molecular complexity index is 1480. The van der Waals surface area contributed by atoms with Crippen LogP contribution < -0.4 is 0 Å². The second-order valence-electron chi connectivity index (χ2n) is 10.3. The van der Waals surface area contributed by atoms with E-state index in [1.54, 1.807) is 24.4 Å². The molecule has 2 aromatic heterocycles. The number of benzene rings is 3. The van der Waals surface area contributed by atoms with Crippen LogP contribution in [-0.4, -0.2) is 32.0 Å². The second kappa shape index (κ2) is 12.5. The molecule has 0 saturated heterocycles. The minimum absolute atomic E-state index is 0.104. The van der Waals surface area contributed by atoms with Crippen molar-refractivity contribution in [2.75, 3.05) is 6.61 Å². The summed E-state index contributed by atoms with van der Waals surface area (Å²) in [6.45, 7) is 4.94. The fraction of sp³-hybridized carbons (Fsp3) is 0.242. The topological polar surface area (TPSA) is 52.8 Å². The molecular weight excluding hydrogens is 523 g/mol. The number of ether oxygens (including phenoxy) is 1. The fourth-order valence-corrected chi connectivity index (χ4v) is 5.33. The van der Waals surface area contributed by atoms with Gasteiger partial charge in [-0.1, -0.05) is 72.3 Å². The molecule has 0 atom stereocenters. The van der Waals surface area contributed by atoms with Crippen molar-refractivity contribution >= 4 is 11.6 Å². The van der Waals surface area contributed by atoms with Crippen LogP contribution in [0.15, 0.2) is 103 Å². The van der Waals surface area contributed by atoms with E-state index in [1.165, 1.54) is 23.3 Å². The molecule has 0 unspecified atom stereocenters. The third kappa shape index (κ3) is 6.46. The van der Waals surface area contributed by atoms with E-state index >= 15 is 0 Å². The summed E-state index contributed by atoms with van der Waals surface area (Å²) in [5.41, 5.74) is 3.63. The Balaban J connectivity index is 1.29. The van der Waals surface area contributed by atoms with Gasteiger partial charge in [0.15, 0.2) is 5.82 Å². The van der Waals surface area contributed by atoms with Crippen LogP contribution in [0.1, 0.15) is 49.6 Å². The van der Waals surface area contributed by atoms with E-state index in [1.807, 2.05) is 22.8 Å².